The summed E-state index contributed by atoms with van der Waals surface area (Å²) in [5, 5.41) is 14.3. The first-order chi connectivity index (χ1) is 10.1. The Balaban J connectivity index is 2.40. The molecule has 21 heavy (non-hydrogen) atoms. The number of anilines is 1. The molecule has 2 rings (SSSR count). The van der Waals surface area contributed by atoms with Crippen LogP contribution in [-0.4, -0.2) is 11.7 Å². The van der Waals surface area contributed by atoms with Gasteiger partial charge in [0.05, 0.1) is 12.1 Å². The molecule has 0 spiro atoms. The lowest BCUT2D eigenvalue weighted by Crippen LogP contribution is -2.40. The summed E-state index contributed by atoms with van der Waals surface area (Å²) in [7, 11) is 0. The highest BCUT2D eigenvalue weighted by Crippen LogP contribution is 2.33. The zero-order chi connectivity index (χ0) is 15.3. The van der Waals surface area contributed by atoms with E-state index in [1.54, 1.807) is 0 Å². The van der Waals surface area contributed by atoms with Crippen LogP contribution >= 0.6 is 11.6 Å². The molecule has 0 aliphatic heterocycles. The topological polar surface area (TPSA) is 32.3 Å². The summed E-state index contributed by atoms with van der Waals surface area (Å²) >= 11 is 6.07. The fourth-order valence-electron chi connectivity index (χ4n) is 2.73. The summed E-state index contributed by atoms with van der Waals surface area (Å²) in [6.45, 7) is 4.35. The Morgan fingerprint density at radius 2 is 1.81 bits per heavy atom. The highest BCUT2D eigenvalue weighted by Gasteiger charge is 2.32. The number of nitrogens with one attached hydrogen (secondary N) is 1. The third-order valence-electron chi connectivity index (χ3n) is 3.56. The second-order valence-corrected chi connectivity index (χ2v) is 6.28. The Hall–Kier alpha value is -1.51. The Bertz CT molecular complexity index is 570. The molecule has 0 bridgehead atoms. The standard InChI is InChI=1S/C18H22ClNO/c1-14(2)12-18(13-21,15-7-4-3-5-8-15)20-17-10-6-9-16(19)11-17/h3-11,14,20-21H,12-13H2,1-2H3. The van der Waals surface area contributed by atoms with Crippen LogP contribution in [0.4, 0.5) is 5.69 Å². The van der Waals surface area contributed by atoms with E-state index < -0.39 is 5.54 Å². The Kier molecular flexibility index (Phi) is 5.27. The summed E-state index contributed by atoms with van der Waals surface area (Å²) in [5.41, 5.74) is 1.50. The van der Waals surface area contributed by atoms with Crippen molar-refractivity contribution in [3.63, 3.8) is 0 Å². The van der Waals surface area contributed by atoms with E-state index in [9.17, 15) is 5.11 Å². The quantitative estimate of drug-likeness (QED) is 0.811. The van der Waals surface area contributed by atoms with E-state index in [2.05, 4.69) is 31.3 Å². The van der Waals surface area contributed by atoms with Gasteiger partial charge in [-0.15, -0.1) is 0 Å². The Morgan fingerprint density at radius 1 is 1.10 bits per heavy atom. The molecule has 0 amide bonds. The summed E-state index contributed by atoms with van der Waals surface area (Å²) in [4.78, 5) is 0. The van der Waals surface area contributed by atoms with Crippen LogP contribution in [0.2, 0.25) is 5.02 Å². The SMILES string of the molecule is CC(C)CC(CO)(Nc1cccc(Cl)c1)c1ccccc1. The number of aliphatic hydroxyl groups is 1. The molecule has 1 unspecified atom stereocenters. The van der Waals surface area contributed by atoms with Gasteiger partial charge < -0.3 is 10.4 Å². The van der Waals surface area contributed by atoms with Gasteiger partial charge >= 0.3 is 0 Å². The van der Waals surface area contributed by atoms with E-state index in [1.165, 1.54) is 0 Å². The van der Waals surface area contributed by atoms with Crippen LogP contribution in [0.25, 0.3) is 0 Å². The van der Waals surface area contributed by atoms with Crippen molar-refractivity contribution >= 4 is 17.3 Å². The zero-order valence-corrected chi connectivity index (χ0v) is 13.3. The number of benzene rings is 2. The zero-order valence-electron chi connectivity index (χ0n) is 12.5. The van der Waals surface area contributed by atoms with E-state index >= 15 is 0 Å². The van der Waals surface area contributed by atoms with Crippen molar-refractivity contribution in [2.24, 2.45) is 5.92 Å². The maximum absolute atomic E-state index is 10.1. The number of rotatable bonds is 6. The number of hydrogen-bond acceptors (Lipinski definition) is 2. The van der Waals surface area contributed by atoms with Crippen LogP contribution in [0.3, 0.4) is 0 Å². The molecule has 0 aliphatic rings. The van der Waals surface area contributed by atoms with Crippen LogP contribution in [0, 0.1) is 5.92 Å². The molecule has 0 heterocycles. The molecule has 0 aromatic heterocycles. The number of aliphatic hydroxyl groups excluding tert-OH is 1. The van der Waals surface area contributed by atoms with Crippen LogP contribution in [0.1, 0.15) is 25.8 Å². The molecule has 2 N–H and O–H groups in total. The van der Waals surface area contributed by atoms with E-state index in [-0.39, 0.29) is 6.61 Å². The lowest BCUT2D eigenvalue weighted by atomic mass is 9.82. The maximum atomic E-state index is 10.1. The van der Waals surface area contributed by atoms with Gasteiger partial charge in [-0.1, -0.05) is 61.8 Å². The normalized spacial score (nSPS) is 14.0. The van der Waals surface area contributed by atoms with E-state index in [4.69, 9.17) is 11.6 Å². The first kappa shape index (κ1) is 15.9. The molecule has 2 nitrogen and oxygen atoms in total. The average Bonchev–Trinajstić information content (AvgIpc) is 2.47. The minimum atomic E-state index is -0.500. The molecule has 0 aliphatic carbocycles. The third-order valence-corrected chi connectivity index (χ3v) is 3.80. The summed E-state index contributed by atoms with van der Waals surface area (Å²) in [6, 6.07) is 17.7. The highest BCUT2D eigenvalue weighted by molar-refractivity contribution is 6.30. The minimum absolute atomic E-state index is 0.0295. The van der Waals surface area contributed by atoms with E-state index in [0.29, 0.717) is 10.9 Å². The lowest BCUT2D eigenvalue weighted by molar-refractivity contribution is 0.190. The summed E-state index contributed by atoms with van der Waals surface area (Å²) in [6.07, 6.45) is 0.833. The second kappa shape index (κ2) is 6.97. The van der Waals surface area contributed by atoms with Gasteiger partial charge in [-0.3, -0.25) is 0 Å². The number of hydrogen-bond donors (Lipinski definition) is 2. The average molecular weight is 304 g/mol. The van der Waals surface area contributed by atoms with Crippen molar-refractivity contribution in [1.29, 1.82) is 0 Å². The van der Waals surface area contributed by atoms with Gasteiger partial charge in [0.2, 0.25) is 0 Å². The molecule has 0 saturated carbocycles. The van der Waals surface area contributed by atoms with Gasteiger partial charge in [-0.2, -0.15) is 0 Å². The molecule has 2 aromatic carbocycles. The maximum Gasteiger partial charge on any atom is 0.0859 e. The first-order valence-corrected chi connectivity index (χ1v) is 7.64. The molecule has 0 radical (unpaired) electrons. The van der Waals surface area contributed by atoms with Crippen molar-refractivity contribution in [1.82, 2.24) is 0 Å². The van der Waals surface area contributed by atoms with Crippen molar-refractivity contribution in [2.75, 3.05) is 11.9 Å². The Morgan fingerprint density at radius 3 is 2.38 bits per heavy atom. The third kappa shape index (κ3) is 3.99. The monoisotopic (exact) mass is 303 g/mol. The largest absolute Gasteiger partial charge is 0.394 e. The van der Waals surface area contributed by atoms with Gasteiger partial charge in [0.1, 0.15) is 0 Å². The molecular weight excluding hydrogens is 282 g/mol. The van der Waals surface area contributed by atoms with Gasteiger partial charge in [0.15, 0.2) is 0 Å². The van der Waals surface area contributed by atoms with Crippen molar-refractivity contribution in [2.45, 2.75) is 25.8 Å². The number of halogens is 1. The predicted molar refractivity (Wildman–Crippen MR) is 89.7 cm³/mol. The lowest BCUT2D eigenvalue weighted by Gasteiger charge is -2.36. The minimum Gasteiger partial charge on any atom is -0.394 e. The van der Waals surface area contributed by atoms with Crippen LogP contribution in [0.5, 0.6) is 0 Å². The molecular formula is C18H22ClNO. The van der Waals surface area contributed by atoms with Gasteiger partial charge in [0, 0.05) is 10.7 Å². The van der Waals surface area contributed by atoms with Crippen molar-refractivity contribution < 1.29 is 5.11 Å². The molecule has 0 fully saturated rings. The van der Waals surface area contributed by atoms with Crippen LogP contribution < -0.4 is 5.32 Å². The van der Waals surface area contributed by atoms with Crippen molar-refractivity contribution in [3.05, 3.63) is 65.2 Å². The van der Waals surface area contributed by atoms with E-state index in [0.717, 1.165) is 17.7 Å². The molecule has 0 saturated heterocycles. The smallest absolute Gasteiger partial charge is 0.0859 e. The molecule has 1 atom stereocenters. The van der Waals surface area contributed by atoms with Gasteiger partial charge in [-0.05, 0) is 36.1 Å². The summed E-state index contributed by atoms with van der Waals surface area (Å²) < 4.78 is 0. The Labute approximate surface area is 131 Å². The van der Waals surface area contributed by atoms with Crippen LogP contribution in [0.15, 0.2) is 54.6 Å². The molecule has 2 aromatic rings. The first-order valence-electron chi connectivity index (χ1n) is 7.26. The predicted octanol–water partition coefficient (Wildman–Crippen LogP) is 4.69. The van der Waals surface area contributed by atoms with E-state index in [1.807, 2.05) is 42.5 Å². The van der Waals surface area contributed by atoms with Crippen molar-refractivity contribution in [3.8, 4) is 0 Å². The molecule has 112 valence electrons. The van der Waals surface area contributed by atoms with Gasteiger partial charge in [-0.25, -0.2) is 0 Å². The fourth-order valence-corrected chi connectivity index (χ4v) is 2.92. The van der Waals surface area contributed by atoms with Gasteiger partial charge in [0.25, 0.3) is 0 Å². The highest BCUT2D eigenvalue weighted by atomic mass is 35.5. The summed E-state index contributed by atoms with van der Waals surface area (Å²) in [5.74, 6) is 0.448. The second-order valence-electron chi connectivity index (χ2n) is 5.84. The fraction of sp³-hybridized carbons (Fsp3) is 0.333. The van der Waals surface area contributed by atoms with Crippen LogP contribution in [-0.2, 0) is 5.54 Å². The molecule has 3 heteroatoms.